The van der Waals surface area contributed by atoms with E-state index in [1.54, 1.807) is 13.2 Å². The number of cyclic esters (lactones) is 1. The van der Waals surface area contributed by atoms with Crippen LogP contribution in [0, 0.1) is 11.8 Å². The van der Waals surface area contributed by atoms with Crippen molar-refractivity contribution in [2.24, 2.45) is 11.8 Å². The SMILES string of the molecule is CCC[C@H]1OC(=O)[C@@H](C(=O)OCC)[C@@H]1C(=O)SC. The molecule has 1 aliphatic rings. The standard InChI is InChI=1S/C12H18O5S/c1-4-6-7-8(12(15)18-3)9(11(14)17-7)10(13)16-5-2/h7-9H,4-6H2,1-3H3/t7-,8-,9-/m1/s1. The first kappa shape index (κ1) is 15.0. The highest BCUT2D eigenvalue weighted by atomic mass is 32.2. The maximum absolute atomic E-state index is 11.9. The van der Waals surface area contributed by atoms with Crippen molar-refractivity contribution in [3.8, 4) is 0 Å². The Hall–Kier alpha value is -1.04. The van der Waals surface area contributed by atoms with E-state index in [1.807, 2.05) is 6.92 Å². The van der Waals surface area contributed by atoms with Gasteiger partial charge in [-0.2, -0.15) is 0 Å². The van der Waals surface area contributed by atoms with E-state index in [4.69, 9.17) is 9.47 Å². The number of rotatable bonds is 5. The molecule has 0 amide bonds. The molecule has 1 heterocycles. The van der Waals surface area contributed by atoms with E-state index in [1.165, 1.54) is 0 Å². The lowest BCUT2D eigenvalue weighted by Gasteiger charge is -2.17. The highest BCUT2D eigenvalue weighted by Crippen LogP contribution is 2.35. The van der Waals surface area contributed by atoms with Crippen LogP contribution >= 0.6 is 11.8 Å². The highest BCUT2D eigenvalue weighted by Gasteiger charge is 2.52. The van der Waals surface area contributed by atoms with Crippen molar-refractivity contribution in [1.29, 1.82) is 0 Å². The first-order valence-corrected chi connectivity index (χ1v) is 7.24. The fraction of sp³-hybridized carbons (Fsp3) is 0.750. The lowest BCUT2D eigenvalue weighted by atomic mass is 9.89. The van der Waals surface area contributed by atoms with Crippen molar-refractivity contribution in [2.75, 3.05) is 12.9 Å². The van der Waals surface area contributed by atoms with Gasteiger partial charge >= 0.3 is 11.9 Å². The monoisotopic (exact) mass is 274 g/mol. The molecule has 5 nitrogen and oxygen atoms in total. The van der Waals surface area contributed by atoms with Gasteiger partial charge in [0.05, 0.1) is 12.5 Å². The normalized spacial score (nSPS) is 26.8. The molecule has 102 valence electrons. The molecule has 1 rings (SSSR count). The minimum absolute atomic E-state index is 0.182. The van der Waals surface area contributed by atoms with E-state index in [0.717, 1.165) is 18.2 Å². The molecule has 0 saturated carbocycles. The molecule has 18 heavy (non-hydrogen) atoms. The minimum Gasteiger partial charge on any atom is -0.465 e. The van der Waals surface area contributed by atoms with Gasteiger partial charge in [-0.1, -0.05) is 25.1 Å². The second-order valence-corrected chi connectivity index (χ2v) is 4.85. The van der Waals surface area contributed by atoms with Crippen molar-refractivity contribution in [1.82, 2.24) is 0 Å². The summed E-state index contributed by atoms with van der Waals surface area (Å²) in [6.45, 7) is 3.78. The van der Waals surface area contributed by atoms with Crippen molar-refractivity contribution in [2.45, 2.75) is 32.8 Å². The topological polar surface area (TPSA) is 69.7 Å². The van der Waals surface area contributed by atoms with Crippen LogP contribution in [0.15, 0.2) is 0 Å². The van der Waals surface area contributed by atoms with Gasteiger partial charge in [-0.05, 0) is 19.6 Å². The van der Waals surface area contributed by atoms with Gasteiger partial charge in [0, 0.05) is 0 Å². The average molecular weight is 274 g/mol. The van der Waals surface area contributed by atoms with Gasteiger partial charge in [-0.3, -0.25) is 14.4 Å². The van der Waals surface area contributed by atoms with E-state index < -0.39 is 29.9 Å². The van der Waals surface area contributed by atoms with Crippen LogP contribution in [0.3, 0.4) is 0 Å². The fourth-order valence-corrected chi connectivity index (χ4v) is 2.64. The molecule has 1 aliphatic heterocycles. The van der Waals surface area contributed by atoms with Gasteiger partial charge < -0.3 is 9.47 Å². The maximum atomic E-state index is 11.9. The number of hydrogen-bond donors (Lipinski definition) is 0. The van der Waals surface area contributed by atoms with E-state index >= 15 is 0 Å². The second-order valence-electron chi connectivity index (χ2n) is 4.04. The smallest absolute Gasteiger partial charge is 0.321 e. The third-order valence-electron chi connectivity index (χ3n) is 2.87. The van der Waals surface area contributed by atoms with Crippen LogP contribution in [0.5, 0.6) is 0 Å². The second kappa shape index (κ2) is 6.78. The van der Waals surface area contributed by atoms with Crippen molar-refractivity contribution in [3.05, 3.63) is 0 Å². The van der Waals surface area contributed by atoms with E-state index in [0.29, 0.717) is 6.42 Å². The average Bonchev–Trinajstić information content (AvgIpc) is 2.66. The summed E-state index contributed by atoms with van der Waals surface area (Å²) in [7, 11) is 0. The van der Waals surface area contributed by atoms with Crippen LogP contribution in [-0.2, 0) is 23.9 Å². The molecule has 0 N–H and O–H groups in total. The molecule has 0 radical (unpaired) electrons. The molecule has 0 unspecified atom stereocenters. The summed E-state index contributed by atoms with van der Waals surface area (Å²) < 4.78 is 9.99. The molecule has 0 aromatic heterocycles. The van der Waals surface area contributed by atoms with Crippen LogP contribution in [0.25, 0.3) is 0 Å². The zero-order valence-corrected chi connectivity index (χ0v) is 11.6. The van der Waals surface area contributed by atoms with Gasteiger partial charge in [-0.15, -0.1) is 0 Å². The molecule has 1 saturated heterocycles. The van der Waals surface area contributed by atoms with Crippen LogP contribution < -0.4 is 0 Å². The number of thioether (sulfide) groups is 1. The number of carbonyl (C=O) groups is 3. The van der Waals surface area contributed by atoms with Crippen molar-refractivity contribution >= 4 is 28.8 Å². The van der Waals surface area contributed by atoms with Gasteiger partial charge in [-0.25, -0.2) is 0 Å². The molecule has 0 aromatic carbocycles. The van der Waals surface area contributed by atoms with Gasteiger partial charge in [0.25, 0.3) is 0 Å². The van der Waals surface area contributed by atoms with Gasteiger partial charge in [0.1, 0.15) is 6.10 Å². The zero-order chi connectivity index (χ0) is 13.7. The van der Waals surface area contributed by atoms with E-state index in [9.17, 15) is 14.4 Å². The molecular formula is C12H18O5S. The van der Waals surface area contributed by atoms with E-state index in [2.05, 4.69) is 0 Å². The summed E-state index contributed by atoms with van der Waals surface area (Å²) in [6.07, 6.45) is 2.50. The predicted molar refractivity (Wildman–Crippen MR) is 66.9 cm³/mol. The Morgan fingerprint density at radius 2 is 2.06 bits per heavy atom. The van der Waals surface area contributed by atoms with E-state index in [-0.39, 0.29) is 11.7 Å². The summed E-state index contributed by atoms with van der Waals surface area (Å²) in [6, 6.07) is 0. The van der Waals surface area contributed by atoms with Crippen molar-refractivity contribution in [3.63, 3.8) is 0 Å². The summed E-state index contributed by atoms with van der Waals surface area (Å²) in [5.74, 6) is -3.11. The van der Waals surface area contributed by atoms with Crippen molar-refractivity contribution < 1.29 is 23.9 Å². The summed E-state index contributed by atoms with van der Waals surface area (Å²) >= 11 is 1.01. The molecule has 3 atom stereocenters. The molecular weight excluding hydrogens is 256 g/mol. The highest BCUT2D eigenvalue weighted by molar-refractivity contribution is 8.13. The Morgan fingerprint density at radius 3 is 2.56 bits per heavy atom. The molecule has 0 bridgehead atoms. The lowest BCUT2D eigenvalue weighted by molar-refractivity contribution is -0.157. The van der Waals surface area contributed by atoms with Gasteiger partial charge in [0.2, 0.25) is 0 Å². The quantitative estimate of drug-likeness (QED) is 0.557. The van der Waals surface area contributed by atoms with Crippen LogP contribution in [0.4, 0.5) is 0 Å². The minimum atomic E-state index is -1.10. The molecule has 0 aromatic rings. The Bertz CT molecular complexity index is 341. The number of carbonyl (C=O) groups excluding carboxylic acids is 3. The maximum Gasteiger partial charge on any atom is 0.321 e. The summed E-state index contributed by atoms with van der Waals surface area (Å²) in [5, 5.41) is -0.197. The van der Waals surface area contributed by atoms with Crippen LogP contribution in [0.2, 0.25) is 0 Å². The number of esters is 2. The fourth-order valence-electron chi connectivity index (χ4n) is 2.08. The number of ether oxygens (including phenoxy) is 2. The first-order chi connectivity index (χ1) is 8.56. The molecule has 0 spiro atoms. The molecule has 1 fully saturated rings. The van der Waals surface area contributed by atoms with Crippen LogP contribution in [0.1, 0.15) is 26.7 Å². The lowest BCUT2D eigenvalue weighted by Crippen LogP contribution is -2.33. The largest absolute Gasteiger partial charge is 0.465 e. The summed E-state index contributed by atoms with van der Waals surface area (Å²) in [5.41, 5.74) is 0. The third kappa shape index (κ3) is 3.04. The molecule has 0 aliphatic carbocycles. The third-order valence-corrected chi connectivity index (χ3v) is 3.54. The zero-order valence-electron chi connectivity index (χ0n) is 10.8. The Morgan fingerprint density at radius 1 is 1.39 bits per heavy atom. The first-order valence-electron chi connectivity index (χ1n) is 6.01. The Balaban J connectivity index is 2.94. The predicted octanol–water partition coefficient (Wildman–Crippen LogP) is 1.40. The Kier molecular flexibility index (Phi) is 5.65. The molecule has 6 heteroatoms. The number of hydrogen-bond acceptors (Lipinski definition) is 6. The Labute approximate surface area is 111 Å². The van der Waals surface area contributed by atoms with Crippen LogP contribution in [-0.4, -0.2) is 36.0 Å². The van der Waals surface area contributed by atoms with Gasteiger partial charge in [0.15, 0.2) is 11.0 Å². The summed E-state index contributed by atoms with van der Waals surface area (Å²) in [4.78, 5) is 35.4.